The van der Waals surface area contributed by atoms with Crippen molar-refractivity contribution in [3.63, 3.8) is 0 Å². The molecule has 9 nitrogen and oxygen atoms in total. The van der Waals surface area contributed by atoms with Crippen LogP contribution in [0, 0.1) is 0 Å². The van der Waals surface area contributed by atoms with Gasteiger partial charge in [0.15, 0.2) is 5.03 Å². The molecule has 2 rings (SSSR count). The molecule has 0 radical (unpaired) electrons. The van der Waals surface area contributed by atoms with Crippen molar-refractivity contribution in [3.05, 3.63) is 29.4 Å². The number of aromatic nitrogens is 4. The van der Waals surface area contributed by atoms with Crippen molar-refractivity contribution in [2.24, 2.45) is 7.05 Å². The maximum absolute atomic E-state index is 12.2. The summed E-state index contributed by atoms with van der Waals surface area (Å²) in [6.07, 6.45) is 3.88. The summed E-state index contributed by atoms with van der Waals surface area (Å²) in [6, 6.07) is -1.36. The van der Waals surface area contributed by atoms with E-state index in [4.69, 9.17) is 16.7 Å². The Morgan fingerprint density at radius 3 is 2.76 bits per heavy atom. The molecule has 0 aliphatic heterocycles. The third-order valence-electron chi connectivity index (χ3n) is 2.67. The van der Waals surface area contributed by atoms with E-state index < -0.39 is 22.0 Å². The van der Waals surface area contributed by atoms with E-state index >= 15 is 0 Å². The molecule has 2 aromatic heterocycles. The van der Waals surface area contributed by atoms with E-state index in [1.54, 1.807) is 0 Å². The first-order chi connectivity index (χ1) is 9.81. The van der Waals surface area contributed by atoms with Crippen LogP contribution in [0.2, 0.25) is 5.02 Å². The highest BCUT2D eigenvalue weighted by Crippen LogP contribution is 2.20. The maximum atomic E-state index is 12.2. The second-order valence-corrected chi connectivity index (χ2v) is 6.25. The van der Waals surface area contributed by atoms with Gasteiger partial charge in [-0.15, -0.1) is 0 Å². The highest BCUT2D eigenvalue weighted by atomic mass is 35.5. The number of carbonyl (C=O) groups is 1. The van der Waals surface area contributed by atoms with Crippen molar-refractivity contribution in [2.45, 2.75) is 17.5 Å². The van der Waals surface area contributed by atoms with Crippen LogP contribution in [0.25, 0.3) is 0 Å². The molecule has 2 heterocycles. The van der Waals surface area contributed by atoms with E-state index in [1.807, 2.05) is 0 Å². The molecule has 0 saturated carbocycles. The Morgan fingerprint density at radius 1 is 1.57 bits per heavy atom. The standard InChI is InChI=1S/C10H12ClN5O4S/c1-16-9(7(11)4-14-16)21(19,20)15-8(10(17)18)2-6-3-12-5-13-6/h3-5,8,15H,2H2,1H3,(H,12,13)(H,17,18)/t8-/m0/s1. The van der Waals surface area contributed by atoms with Gasteiger partial charge < -0.3 is 10.1 Å². The number of halogens is 1. The van der Waals surface area contributed by atoms with Crippen molar-refractivity contribution in [1.82, 2.24) is 24.5 Å². The molecule has 0 unspecified atom stereocenters. The monoisotopic (exact) mass is 333 g/mol. The zero-order chi connectivity index (χ0) is 15.6. The Bertz CT molecular complexity index is 720. The Kier molecular flexibility index (Phi) is 4.30. The molecule has 3 N–H and O–H groups in total. The quantitative estimate of drug-likeness (QED) is 0.669. The second kappa shape index (κ2) is 5.84. The summed E-state index contributed by atoms with van der Waals surface area (Å²) in [5, 5.41) is 12.5. The fourth-order valence-electron chi connectivity index (χ4n) is 1.74. The van der Waals surface area contributed by atoms with Crippen LogP contribution in [-0.4, -0.2) is 45.3 Å². The van der Waals surface area contributed by atoms with E-state index in [2.05, 4.69) is 19.8 Å². The van der Waals surface area contributed by atoms with Crippen LogP contribution in [0.5, 0.6) is 0 Å². The van der Waals surface area contributed by atoms with Crippen LogP contribution in [-0.2, 0) is 28.3 Å². The third kappa shape index (κ3) is 3.40. The van der Waals surface area contributed by atoms with E-state index in [-0.39, 0.29) is 16.5 Å². The fourth-order valence-corrected chi connectivity index (χ4v) is 3.59. The molecule has 0 fully saturated rings. The van der Waals surface area contributed by atoms with Gasteiger partial charge in [-0.1, -0.05) is 11.6 Å². The van der Waals surface area contributed by atoms with Gasteiger partial charge in [-0.25, -0.2) is 13.4 Å². The number of aromatic amines is 1. The summed E-state index contributed by atoms with van der Waals surface area (Å²) in [5.41, 5.74) is 0.487. The minimum absolute atomic E-state index is 0.0793. The highest BCUT2D eigenvalue weighted by molar-refractivity contribution is 7.89. The van der Waals surface area contributed by atoms with Crippen molar-refractivity contribution in [3.8, 4) is 0 Å². The molecule has 0 spiro atoms. The number of nitrogens with zero attached hydrogens (tertiary/aromatic N) is 3. The molecule has 2 aromatic rings. The molecule has 0 saturated heterocycles. The number of rotatable bonds is 6. The summed E-state index contributed by atoms with van der Waals surface area (Å²) >= 11 is 5.77. The zero-order valence-corrected chi connectivity index (χ0v) is 12.4. The average molecular weight is 334 g/mol. The number of carboxylic acid groups (broad SMARTS) is 1. The van der Waals surface area contributed by atoms with Gasteiger partial charge in [0.05, 0.1) is 17.5 Å². The van der Waals surface area contributed by atoms with Gasteiger partial charge in [0.1, 0.15) is 6.04 Å². The summed E-state index contributed by atoms with van der Waals surface area (Å²) in [4.78, 5) is 17.7. The summed E-state index contributed by atoms with van der Waals surface area (Å²) < 4.78 is 27.6. The number of aryl methyl sites for hydroxylation is 1. The predicted molar refractivity (Wildman–Crippen MR) is 72.3 cm³/mol. The molecule has 0 aromatic carbocycles. The molecule has 11 heteroatoms. The number of sulfonamides is 1. The van der Waals surface area contributed by atoms with Crippen LogP contribution in [0.1, 0.15) is 5.69 Å². The minimum Gasteiger partial charge on any atom is -0.480 e. The molecule has 1 atom stereocenters. The van der Waals surface area contributed by atoms with Gasteiger partial charge in [-0.3, -0.25) is 9.48 Å². The summed E-state index contributed by atoms with van der Waals surface area (Å²) in [5.74, 6) is -1.31. The number of H-pyrrole nitrogens is 1. The Balaban J connectivity index is 2.26. The number of carboxylic acids is 1. The minimum atomic E-state index is -4.12. The van der Waals surface area contributed by atoms with Gasteiger partial charge in [-0.2, -0.15) is 9.82 Å². The predicted octanol–water partition coefficient (Wildman–Crippen LogP) is -0.229. The average Bonchev–Trinajstić information content (AvgIpc) is 2.98. The van der Waals surface area contributed by atoms with Crippen LogP contribution in [0.15, 0.2) is 23.7 Å². The topological polar surface area (TPSA) is 130 Å². The van der Waals surface area contributed by atoms with Gasteiger partial charge in [-0.05, 0) is 0 Å². The molecular weight excluding hydrogens is 322 g/mol. The maximum Gasteiger partial charge on any atom is 0.322 e. The molecule has 0 amide bonds. The number of nitrogens with one attached hydrogen (secondary N) is 2. The van der Waals surface area contributed by atoms with Crippen LogP contribution in [0.4, 0.5) is 0 Å². The van der Waals surface area contributed by atoms with Crippen LogP contribution in [0.3, 0.4) is 0 Å². The third-order valence-corrected chi connectivity index (χ3v) is 4.65. The first kappa shape index (κ1) is 15.5. The van der Waals surface area contributed by atoms with E-state index in [0.29, 0.717) is 5.69 Å². The molecule has 114 valence electrons. The van der Waals surface area contributed by atoms with Gasteiger partial charge in [0.25, 0.3) is 10.0 Å². The molecule has 0 bridgehead atoms. The number of hydrogen-bond donors (Lipinski definition) is 3. The molecule has 0 aliphatic carbocycles. The van der Waals surface area contributed by atoms with Crippen molar-refractivity contribution < 1.29 is 18.3 Å². The zero-order valence-electron chi connectivity index (χ0n) is 10.8. The van der Waals surface area contributed by atoms with E-state index in [0.717, 1.165) is 4.68 Å². The van der Waals surface area contributed by atoms with Gasteiger partial charge in [0.2, 0.25) is 0 Å². The highest BCUT2D eigenvalue weighted by Gasteiger charge is 2.29. The Labute approximate surface area is 125 Å². The summed E-state index contributed by atoms with van der Waals surface area (Å²) in [7, 11) is -2.73. The van der Waals surface area contributed by atoms with Gasteiger partial charge >= 0.3 is 5.97 Å². The fraction of sp³-hybridized carbons (Fsp3) is 0.300. The number of aliphatic carboxylic acids is 1. The SMILES string of the molecule is Cn1ncc(Cl)c1S(=O)(=O)N[C@@H](Cc1cnc[nH]1)C(=O)O. The molecular formula is C10H12ClN5O4S. The van der Waals surface area contributed by atoms with Crippen LogP contribution >= 0.6 is 11.6 Å². The van der Waals surface area contributed by atoms with Crippen molar-refractivity contribution in [2.75, 3.05) is 0 Å². The lowest BCUT2D eigenvalue weighted by molar-refractivity contribution is -0.138. The van der Waals surface area contributed by atoms with Gasteiger partial charge in [0, 0.05) is 25.4 Å². The first-order valence-electron chi connectivity index (χ1n) is 5.71. The number of hydrogen-bond acceptors (Lipinski definition) is 5. The molecule has 21 heavy (non-hydrogen) atoms. The lowest BCUT2D eigenvalue weighted by Crippen LogP contribution is -2.42. The lowest BCUT2D eigenvalue weighted by atomic mass is 10.2. The van der Waals surface area contributed by atoms with E-state index in [9.17, 15) is 13.2 Å². The molecule has 0 aliphatic rings. The van der Waals surface area contributed by atoms with E-state index in [1.165, 1.54) is 25.8 Å². The normalized spacial score (nSPS) is 13.2. The van der Waals surface area contributed by atoms with Crippen molar-refractivity contribution in [1.29, 1.82) is 0 Å². The van der Waals surface area contributed by atoms with Crippen molar-refractivity contribution >= 4 is 27.6 Å². The lowest BCUT2D eigenvalue weighted by Gasteiger charge is -2.14. The smallest absolute Gasteiger partial charge is 0.322 e. The first-order valence-corrected chi connectivity index (χ1v) is 7.57. The number of imidazole rings is 1. The summed E-state index contributed by atoms with van der Waals surface area (Å²) in [6.45, 7) is 0. The largest absolute Gasteiger partial charge is 0.480 e. The Morgan fingerprint density at radius 2 is 2.29 bits per heavy atom. The second-order valence-electron chi connectivity index (χ2n) is 4.21. The Hall–Kier alpha value is -1.91. The van der Waals surface area contributed by atoms with Crippen LogP contribution < -0.4 is 4.72 Å².